The van der Waals surface area contributed by atoms with Crippen LogP contribution in [0.2, 0.25) is 0 Å². The molecule has 1 aromatic rings. The SMILES string of the molecule is Brc1cccc(C2N=CCN2)c1. The fourth-order valence-corrected chi connectivity index (χ4v) is 1.67. The Morgan fingerprint density at radius 3 is 3.08 bits per heavy atom. The number of nitrogens with zero attached hydrogens (tertiary/aromatic N) is 1. The quantitative estimate of drug-likeness (QED) is 0.777. The third kappa shape index (κ3) is 1.57. The molecule has 1 aliphatic heterocycles. The van der Waals surface area contributed by atoms with Gasteiger partial charge in [0.15, 0.2) is 0 Å². The largest absolute Gasteiger partial charge is 0.287 e. The van der Waals surface area contributed by atoms with E-state index in [1.165, 1.54) is 5.56 Å². The molecule has 12 heavy (non-hydrogen) atoms. The fourth-order valence-electron chi connectivity index (χ4n) is 1.26. The summed E-state index contributed by atoms with van der Waals surface area (Å²) < 4.78 is 1.10. The number of hydrogen-bond donors (Lipinski definition) is 1. The highest BCUT2D eigenvalue weighted by molar-refractivity contribution is 9.10. The van der Waals surface area contributed by atoms with Crippen LogP contribution in [-0.2, 0) is 0 Å². The Morgan fingerprint density at radius 2 is 2.42 bits per heavy atom. The molecule has 0 aliphatic carbocycles. The number of rotatable bonds is 1. The normalized spacial score (nSPS) is 21.6. The molecule has 0 amide bonds. The maximum atomic E-state index is 4.29. The minimum atomic E-state index is 0.155. The molecular formula is C9H9BrN2. The van der Waals surface area contributed by atoms with Gasteiger partial charge >= 0.3 is 0 Å². The Hall–Kier alpha value is -0.670. The molecule has 0 spiro atoms. The van der Waals surface area contributed by atoms with E-state index in [0.717, 1.165) is 11.0 Å². The minimum absolute atomic E-state index is 0.155. The molecule has 62 valence electrons. The smallest absolute Gasteiger partial charge is 0.125 e. The van der Waals surface area contributed by atoms with Gasteiger partial charge in [0.2, 0.25) is 0 Å². The summed E-state index contributed by atoms with van der Waals surface area (Å²) in [6, 6.07) is 8.20. The lowest BCUT2D eigenvalue weighted by Gasteiger charge is -2.07. The van der Waals surface area contributed by atoms with Gasteiger partial charge in [0, 0.05) is 17.2 Å². The van der Waals surface area contributed by atoms with Crippen LogP contribution in [0, 0.1) is 0 Å². The Balaban J connectivity index is 2.27. The first-order chi connectivity index (χ1) is 5.86. The van der Waals surface area contributed by atoms with Crippen LogP contribution in [0.4, 0.5) is 0 Å². The minimum Gasteiger partial charge on any atom is -0.287 e. The molecule has 0 saturated heterocycles. The number of halogens is 1. The van der Waals surface area contributed by atoms with Crippen molar-refractivity contribution in [2.45, 2.75) is 6.17 Å². The van der Waals surface area contributed by atoms with Gasteiger partial charge in [-0.05, 0) is 17.7 Å². The Morgan fingerprint density at radius 1 is 1.50 bits per heavy atom. The van der Waals surface area contributed by atoms with Gasteiger partial charge in [-0.25, -0.2) is 0 Å². The van der Waals surface area contributed by atoms with Crippen LogP contribution in [0.25, 0.3) is 0 Å². The second-order valence-corrected chi connectivity index (χ2v) is 3.61. The van der Waals surface area contributed by atoms with E-state index in [-0.39, 0.29) is 6.17 Å². The van der Waals surface area contributed by atoms with E-state index in [2.05, 4.69) is 38.4 Å². The molecule has 1 aromatic carbocycles. The molecule has 2 nitrogen and oxygen atoms in total. The van der Waals surface area contributed by atoms with Crippen molar-refractivity contribution in [3.63, 3.8) is 0 Å². The van der Waals surface area contributed by atoms with Crippen molar-refractivity contribution < 1.29 is 0 Å². The highest BCUT2D eigenvalue weighted by atomic mass is 79.9. The summed E-state index contributed by atoms with van der Waals surface area (Å²) in [7, 11) is 0. The standard InChI is InChI=1S/C9H9BrN2/c10-8-3-1-2-7(6-8)9-11-4-5-12-9/h1-4,6,9,12H,5H2. The van der Waals surface area contributed by atoms with E-state index < -0.39 is 0 Å². The van der Waals surface area contributed by atoms with Crippen LogP contribution in [0.15, 0.2) is 33.7 Å². The van der Waals surface area contributed by atoms with Crippen LogP contribution >= 0.6 is 15.9 Å². The molecule has 0 bridgehead atoms. The summed E-state index contributed by atoms with van der Waals surface area (Å²) in [5, 5.41) is 3.26. The maximum Gasteiger partial charge on any atom is 0.125 e. The lowest BCUT2D eigenvalue weighted by molar-refractivity contribution is 0.643. The molecule has 0 radical (unpaired) electrons. The van der Waals surface area contributed by atoms with Gasteiger partial charge in [-0.2, -0.15) is 0 Å². The first-order valence-corrected chi connectivity index (χ1v) is 4.66. The highest BCUT2D eigenvalue weighted by Crippen LogP contribution is 2.20. The zero-order valence-corrected chi connectivity index (χ0v) is 8.08. The van der Waals surface area contributed by atoms with Crippen LogP contribution in [0.1, 0.15) is 11.7 Å². The Bertz CT molecular complexity index is 309. The third-order valence-corrected chi connectivity index (χ3v) is 2.31. The second kappa shape index (κ2) is 3.37. The summed E-state index contributed by atoms with van der Waals surface area (Å²) in [4.78, 5) is 4.29. The van der Waals surface area contributed by atoms with Gasteiger partial charge < -0.3 is 0 Å². The summed E-state index contributed by atoms with van der Waals surface area (Å²) in [6.45, 7) is 0.872. The molecule has 1 unspecified atom stereocenters. The lowest BCUT2D eigenvalue weighted by atomic mass is 10.2. The van der Waals surface area contributed by atoms with E-state index in [1.807, 2.05) is 18.3 Å². The molecule has 2 rings (SSSR count). The first kappa shape index (κ1) is 7.95. The summed E-state index contributed by atoms with van der Waals surface area (Å²) in [6.07, 6.45) is 2.06. The average molecular weight is 225 g/mol. The topological polar surface area (TPSA) is 24.4 Å². The van der Waals surface area contributed by atoms with Gasteiger partial charge in [-0.15, -0.1) is 0 Å². The monoisotopic (exact) mass is 224 g/mol. The number of hydrogen-bond acceptors (Lipinski definition) is 2. The molecule has 0 aromatic heterocycles. The molecule has 3 heteroatoms. The molecule has 1 heterocycles. The Labute approximate surface area is 79.8 Å². The van der Waals surface area contributed by atoms with Crippen LogP contribution in [0.3, 0.4) is 0 Å². The van der Waals surface area contributed by atoms with Crippen molar-refractivity contribution in [2.24, 2.45) is 4.99 Å². The molecule has 1 aliphatic rings. The van der Waals surface area contributed by atoms with Crippen molar-refractivity contribution in [3.8, 4) is 0 Å². The number of benzene rings is 1. The average Bonchev–Trinajstić information content (AvgIpc) is 2.56. The first-order valence-electron chi connectivity index (χ1n) is 3.87. The van der Waals surface area contributed by atoms with Crippen LogP contribution < -0.4 is 5.32 Å². The van der Waals surface area contributed by atoms with Gasteiger partial charge in [0.25, 0.3) is 0 Å². The van der Waals surface area contributed by atoms with Crippen molar-refractivity contribution in [2.75, 3.05) is 6.54 Å². The molecule has 0 fully saturated rings. The predicted octanol–water partition coefficient (Wildman–Crippen LogP) is 2.12. The second-order valence-electron chi connectivity index (χ2n) is 2.70. The van der Waals surface area contributed by atoms with E-state index in [9.17, 15) is 0 Å². The van der Waals surface area contributed by atoms with Crippen molar-refractivity contribution in [1.29, 1.82) is 0 Å². The zero-order chi connectivity index (χ0) is 8.39. The van der Waals surface area contributed by atoms with Crippen molar-refractivity contribution in [3.05, 3.63) is 34.3 Å². The van der Waals surface area contributed by atoms with E-state index in [4.69, 9.17) is 0 Å². The van der Waals surface area contributed by atoms with Gasteiger partial charge in [0.05, 0.1) is 0 Å². The predicted molar refractivity (Wildman–Crippen MR) is 53.4 cm³/mol. The fraction of sp³-hybridized carbons (Fsp3) is 0.222. The summed E-state index contributed by atoms with van der Waals surface area (Å²) >= 11 is 3.43. The maximum absolute atomic E-state index is 4.29. The van der Waals surface area contributed by atoms with Crippen molar-refractivity contribution >= 4 is 22.1 Å². The van der Waals surface area contributed by atoms with Crippen LogP contribution in [-0.4, -0.2) is 12.8 Å². The lowest BCUT2D eigenvalue weighted by Crippen LogP contribution is -2.14. The summed E-state index contributed by atoms with van der Waals surface area (Å²) in [5.41, 5.74) is 1.21. The third-order valence-electron chi connectivity index (χ3n) is 1.82. The Kier molecular flexibility index (Phi) is 2.23. The van der Waals surface area contributed by atoms with E-state index >= 15 is 0 Å². The highest BCUT2D eigenvalue weighted by Gasteiger charge is 2.11. The molecule has 1 atom stereocenters. The van der Waals surface area contributed by atoms with Gasteiger partial charge in [-0.1, -0.05) is 28.1 Å². The number of aliphatic imine (C=N–C) groups is 1. The summed E-state index contributed by atoms with van der Waals surface area (Å²) in [5.74, 6) is 0. The number of nitrogens with one attached hydrogen (secondary N) is 1. The van der Waals surface area contributed by atoms with E-state index in [0.29, 0.717) is 0 Å². The molecular weight excluding hydrogens is 216 g/mol. The zero-order valence-electron chi connectivity index (χ0n) is 6.50. The van der Waals surface area contributed by atoms with Crippen molar-refractivity contribution in [1.82, 2.24) is 5.32 Å². The molecule has 0 saturated carbocycles. The molecule has 1 N–H and O–H groups in total. The van der Waals surface area contributed by atoms with Gasteiger partial charge in [0.1, 0.15) is 6.17 Å². The van der Waals surface area contributed by atoms with Gasteiger partial charge in [-0.3, -0.25) is 10.3 Å². The van der Waals surface area contributed by atoms with Crippen LogP contribution in [0.5, 0.6) is 0 Å². The van der Waals surface area contributed by atoms with E-state index in [1.54, 1.807) is 0 Å².